The fraction of sp³-hybridized carbons (Fsp3) is 0.269. The Hall–Kier alpha value is -3.73. The van der Waals surface area contributed by atoms with Gasteiger partial charge in [0.05, 0.1) is 5.56 Å². The number of carboxylic acids is 1. The Balaban J connectivity index is 1.85. The normalized spacial score (nSPS) is 13.2. The lowest BCUT2D eigenvalue weighted by molar-refractivity contribution is -0.376. The summed E-state index contributed by atoms with van der Waals surface area (Å²) in [5.41, 5.74) is -5.61. The molecule has 0 amide bonds. The van der Waals surface area contributed by atoms with Gasteiger partial charge < -0.3 is 19.7 Å². The molecule has 0 heterocycles. The van der Waals surface area contributed by atoms with Crippen molar-refractivity contribution in [3.63, 3.8) is 0 Å². The Morgan fingerprint density at radius 1 is 0.892 bits per heavy atom. The Morgan fingerprint density at radius 2 is 1.49 bits per heavy atom. The van der Waals surface area contributed by atoms with Crippen molar-refractivity contribution in [2.45, 2.75) is 37.4 Å². The van der Waals surface area contributed by atoms with Crippen molar-refractivity contribution >= 4 is 5.97 Å². The molecule has 1 atom stereocenters. The zero-order valence-corrected chi connectivity index (χ0v) is 19.3. The number of aliphatic hydroxyl groups is 1. The summed E-state index contributed by atoms with van der Waals surface area (Å²) in [6, 6.07) is 16.6. The highest BCUT2D eigenvalue weighted by atomic mass is 19.4. The minimum absolute atomic E-state index is 0.00112. The third kappa shape index (κ3) is 6.34. The second-order valence-corrected chi connectivity index (χ2v) is 8.26. The third-order valence-corrected chi connectivity index (χ3v) is 5.55. The first kappa shape index (κ1) is 27.9. The van der Waals surface area contributed by atoms with Gasteiger partial charge in [0, 0.05) is 12.0 Å². The lowest BCUT2D eigenvalue weighted by Crippen LogP contribution is -2.53. The molecule has 0 bridgehead atoms. The zero-order valence-electron chi connectivity index (χ0n) is 19.3. The van der Waals surface area contributed by atoms with Gasteiger partial charge in [-0.3, -0.25) is 0 Å². The van der Waals surface area contributed by atoms with Crippen molar-refractivity contribution in [2.24, 2.45) is 0 Å². The predicted octanol–water partition coefficient (Wildman–Crippen LogP) is 6.07. The number of carboxylic acid groups (broad SMARTS) is 1. The molecule has 0 unspecified atom stereocenters. The molecule has 0 spiro atoms. The van der Waals surface area contributed by atoms with E-state index in [1.54, 1.807) is 30.3 Å². The van der Waals surface area contributed by atoms with Crippen LogP contribution in [0.3, 0.4) is 0 Å². The molecule has 0 radical (unpaired) electrons. The summed E-state index contributed by atoms with van der Waals surface area (Å²) >= 11 is 0. The van der Waals surface area contributed by atoms with E-state index in [9.17, 15) is 36.2 Å². The summed E-state index contributed by atoms with van der Waals surface area (Å²) in [7, 11) is 0. The lowest BCUT2D eigenvalue weighted by atomic mass is 9.91. The van der Waals surface area contributed by atoms with Crippen molar-refractivity contribution in [3.8, 4) is 11.5 Å². The van der Waals surface area contributed by atoms with Crippen LogP contribution in [0.25, 0.3) is 0 Å². The van der Waals surface area contributed by atoms with Crippen LogP contribution in [0, 0.1) is 6.92 Å². The molecule has 0 aliphatic rings. The molecular formula is C26H22F6O5. The number of carbonyl (C=O) groups is 1. The van der Waals surface area contributed by atoms with Crippen LogP contribution < -0.4 is 9.47 Å². The maximum Gasteiger partial charge on any atom is 0.430 e. The summed E-state index contributed by atoms with van der Waals surface area (Å²) < 4.78 is 91.1. The van der Waals surface area contributed by atoms with Crippen molar-refractivity contribution in [1.82, 2.24) is 0 Å². The summed E-state index contributed by atoms with van der Waals surface area (Å²) in [5.74, 6) is -0.779. The average Bonchev–Trinajstić information content (AvgIpc) is 2.82. The van der Waals surface area contributed by atoms with Crippen molar-refractivity contribution in [3.05, 3.63) is 95.1 Å². The largest absolute Gasteiger partial charge is 0.490 e. The van der Waals surface area contributed by atoms with Crippen LogP contribution in [-0.4, -0.2) is 41.2 Å². The Labute approximate surface area is 207 Å². The van der Waals surface area contributed by atoms with Crippen molar-refractivity contribution < 1.29 is 50.8 Å². The molecule has 3 aromatic carbocycles. The summed E-state index contributed by atoms with van der Waals surface area (Å²) in [6.07, 6.45) is -12.4. The monoisotopic (exact) mass is 528 g/mol. The van der Waals surface area contributed by atoms with Gasteiger partial charge in [-0.15, -0.1) is 0 Å². The number of ether oxygens (including phenoxy) is 2. The molecule has 37 heavy (non-hydrogen) atoms. The second-order valence-electron chi connectivity index (χ2n) is 8.26. The molecule has 0 saturated heterocycles. The Kier molecular flexibility index (Phi) is 8.06. The smallest absolute Gasteiger partial charge is 0.430 e. The van der Waals surface area contributed by atoms with Gasteiger partial charge in [-0.25, -0.2) is 4.79 Å². The van der Waals surface area contributed by atoms with E-state index in [0.29, 0.717) is 17.9 Å². The number of alkyl halides is 6. The summed E-state index contributed by atoms with van der Waals surface area (Å²) in [4.78, 5) is 11.0. The maximum absolute atomic E-state index is 13.3. The molecule has 0 aromatic heterocycles. The number of hydrogen-bond donors (Lipinski definition) is 2. The standard InChI is InChI=1S/C26H22F6O5/c1-16-13-19(24(35,25(27,28)29)26(30,31)32)9-12-22(16)37-21(14-17-5-3-2-4-6-17)15-36-20-10-7-18(8-11-20)23(33)34/h2-13,21,35H,14-15H2,1H3,(H,33,34)/t21-/m1/s1. The summed E-state index contributed by atoms with van der Waals surface area (Å²) in [5, 5.41) is 18.7. The van der Waals surface area contributed by atoms with Crippen molar-refractivity contribution in [2.75, 3.05) is 6.61 Å². The molecule has 198 valence electrons. The van der Waals surface area contributed by atoms with E-state index in [1.807, 2.05) is 0 Å². The highest BCUT2D eigenvalue weighted by Crippen LogP contribution is 2.50. The number of halogens is 6. The maximum atomic E-state index is 13.3. The van der Waals surface area contributed by atoms with E-state index in [4.69, 9.17) is 14.6 Å². The first-order valence-electron chi connectivity index (χ1n) is 10.9. The topological polar surface area (TPSA) is 76.0 Å². The highest BCUT2D eigenvalue weighted by molar-refractivity contribution is 5.87. The molecule has 0 aliphatic heterocycles. The molecular weight excluding hydrogens is 506 g/mol. The highest BCUT2D eigenvalue weighted by Gasteiger charge is 2.71. The van der Waals surface area contributed by atoms with Crippen molar-refractivity contribution in [1.29, 1.82) is 0 Å². The zero-order chi connectivity index (χ0) is 27.4. The van der Waals surface area contributed by atoms with E-state index in [-0.39, 0.29) is 29.9 Å². The van der Waals surface area contributed by atoms with E-state index in [0.717, 1.165) is 11.6 Å². The predicted molar refractivity (Wildman–Crippen MR) is 121 cm³/mol. The number of aryl methyl sites for hydroxylation is 1. The number of hydrogen-bond acceptors (Lipinski definition) is 4. The van der Waals surface area contributed by atoms with E-state index >= 15 is 0 Å². The Bertz CT molecular complexity index is 1190. The van der Waals surface area contributed by atoms with Crippen LogP contribution in [0.1, 0.15) is 27.0 Å². The number of aromatic carboxylic acids is 1. The first-order chi connectivity index (χ1) is 17.2. The van der Waals surface area contributed by atoms with Gasteiger partial charge in [0.15, 0.2) is 0 Å². The quantitative estimate of drug-likeness (QED) is 0.330. The Morgan fingerprint density at radius 3 is 2.00 bits per heavy atom. The minimum atomic E-state index is -6.00. The SMILES string of the molecule is Cc1cc(C(O)(C(F)(F)F)C(F)(F)F)ccc1O[C@@H](COc1ccc(C(=O)O)cc1)Cc1ccccc1. The molecule has 5 nitrogen and oxygen atoms in total. The van der Waals surface area contributed by atoms with Gasteiger partial charge >= 0.3 is 18.3 Å². The third-order valence-electron chi connectivity index (χ3n) is 5.55. The average molecular weight is 528 g/mol. The molecule has 3 aromatic rings. The van der Waals surface area contributed by atoms with Crippen LogP contribution in [0.15, 0.2) is 72.8 Å². The van der Waals surface area contributed by atoms with Crippen LogP contribution in [-0.2, 0) is 12.0 Å². The minimum Gasteiger partial charge on any atom is -0.490 e. The van der Waals surface area contributed by atoms with Gasteiger partial charge in [0.1, 0.15) is 24.2 Å². The molecule has 11 heteroatoms. The van der Waals surface area contributed by atoms with Gasteiger partial charge in [-0.05, 0) is 54.4 Å². The fourth-order valence-corrected chi connectivity index (χ4v) is 3.57. The van der Waals surface area contributed by atoms with E-state index in [2.05, 4.69) is 0 Å². The summed E-state index contributed by atoms with van der Waals surface area (Å²) in [6.45, 7) is 1.19. The van der Waals surface area contributed by atoms with Crippen LogP contribution in [0.2, 0.25) is 0 Å². The van der Waals surface area contributed by atoms with Crippen LogP contribution >= 0.6 is 0 Å². The van der Waals surface area contributed by atoms with Gasteiger partial charge in [0.2, 0.25) is 0 Å². The van der Waals surface area contributed by atoms with Gasteiger partial charge in [0.25, 0.3) is 5.60 Å². The first-order valence-corrected chi connectivity index (χ1v) is 10.9. The van der Waals surface area contributed by atoms with Crippen LogP contribution in [0.4, 0.5) is 26.3 Å². The van der Waals surface area contributed by atoms with Gasteiger partial charge in [-0.2, -0.15) is 26.3 Å². The molecule has 0 fully saturated rings. The molecule has 2 N–H and O–H groups in total. The fourth-order valence-electron chi connectivity index (χ4n) is 3.57. The second kappa shape index (κ2) is 10.7. The van der Waals surface area contributed by atoms with E-state index < -0.39 is 35.6 Å². The molecule has 3 rings (SSSR count). The van der Waals surface area contributed by atoms with Crippen LogP contribution in [0.5, 0.6) is 11.5 Å². The molecule has 0 saturated carbocycles. The number of benzene rings is 3. The van der Waals surface area contributed by atoms with E-state index in [1.165, 1.54) is 31.2 Å². The molecule has 0 aliphatic carbocycles. The number of rotatable bonds is 9. The lowest BCUT2D eigenvalue weighted by Gasteiger charge is -2.33. The van der Waals surface area contributed by atoms with Gasteiger partial charge in [-0.1, -0.05) is 36.4 Å².